The van der Waals surface area contributed by atoms with Crippen LogP contribution in [-0.4, -0.2) is 46.6 Å². The fraction of sp³-hybridized carbons (Fsp3) is 0.611. The van der Waals surface area contributed by atoms with Crippen molar-refractivity contribution in [2.45, 2.75) is 56.2 Å². The molecule has 6 heteroatoms. The molecule has 1 aromatic rings. The smallest absolute Gasteiger partial charge is 0.352 e. The van der Waals surface area contributed by atoms with Crippen LogP contribution in [0.1, 0.15) is 37.7 Å². The molecule has 2 fully saturated rings. The molecule has 1 saturated heterocycles. The van der Waals surface area contributed by atoms with Gasteiger partial charge in [0, 0.05) is 25.7 Å². The van der Waals surface area contributed by atoms with E-state index >= 15 is 0 Å². The number of nitrogens with zero attached hydrogens (tertiary/aromatic N) is 1. The fourth-order valence-electron chi connectivity index (χ4n) is 3.39. The van der Waals surface area contributed by atoms with Gasteiger partial charge in [-0.2, -0.15) is 8.78 Å². The summed E-state index contributed by atoms with van der Waals surface area (Å²) in [6, 6.07) is 9.84. The molecule has 24 heavy (non-hydrogen) atoms. The third-order valence-corrected chi connectivity index (χ3v) is 5.22. The summed E-state index contributed by atoms with van der Waals surface area (Å²) in [7, 11) is 0. The third-order valence-electron chi connectivity index (χ3n) is 5.22. The van der Waals surface area contributed by atoms with Crippen LogP contribution in [-0.2, 0) is 11.3 Å². The summed E-state index contributed by atoms with van der Waals surface area (Å²) in [6.45, 7) is 2.35. The van der Waals surface area contributed by atoms with Crippen molar-refractivity contribution in [1.82, 2.24) is 10.2 Å². The Morgan fingerprint density at radius 3 is 2.42 bits per heavy atom. The van der Waals surface area contributed by atoms with Crippen LogP contribution in [0.3, 0.4) is 0 Å². The molecular formula is C18H24F2N2O2. The quantitative estimate of drug-likeness (QED) is 0.866. The van der Waals surface area contributed by atoms with Crippen LogP contribution >= 0.6 is 0 Å². The Morgan fingerprint density at radius 1 is 1.25 bits per heavy atom. The highest BCUT2D eigenvalue weighted by molar-refractivity contribution is 5.85. The Balaban J connectivity index is 1.47. The number of benzene rings is 1. The van der Waals surface area contributed by atoms with Gasteiger partial charge in [-0.1, -0.05) is 30.3 Å². The van der Waals surface area contributed by atoms with E-state index < -0.39 is 17.4 Å². The molecule has 2 aliphatic rings. The van der Waals surface area contributed by atoms with Crippen molar-refractivity contribution in [3.8, 4) is 0 Å². The first-order chi connectivity index (χ1) is 11.4. The minimum Gasteiger partial charge on any atom is -0.383 e. The van der Waals surface area contributed by atoms with E-state index in [1.807, 2.05) is 18.2 Å². The molecule has 0 radical (unpaired) electrons. The number of hydrogen-bond donors (Lipinski definition) is 2. The molecule has 3 rings (SSSR count). The molecule has 0 unspecified atom stereocenters. The van der Waals surface area contributed by atoms with Gasteiger partial charge < -0.3 is 10.4 Å². The van der Waals surface area contributed by atoms with Crippen molar-refractivity contribution in [2.75, 3.05) is 13.1 Å². The Labute approximate surface area is 140 Å². The summed E-state index contributed by atoms with van der Waals surface area (Å²) >= 11 is 0. The molecule has 1 aromatic carbocycles. The third kappa shape index (κ3) is 3.44. The maximum atomic E-state index is 14.1. The van der Waals surface area contributed by atoms with Gasteiger partial charge in [-0.15, -0.1) is 0 Å². The molecule has 4 nitrogen and oxygen atoms in total. The van der Waals surface area contributed by atoms with Crippen LogP contribution < -0.4 is 5.32 Å². The number of carbonyl (C=O) groups is 1. The second-order valence-corrected chi connectivity index (χ2v) is 6.97. The Hall–Kier alpha value is -1.53. The molecule has 1 heterocycles. The summed E-state index contributed by atoms with van der Waals surface area (Å²) in [5, 5.41) is 12.3. The predicted octanol–water partition coefficient (Wildman–Crippen LogP) is 2.32. The SMILES string of the molecule is O=C(NC1CCN(Cc2ccccc2)CC1)C(F)(F)C1(O)CCC1. The van der Waals surface area contributed by atoms with Crippen molar-refractivity contribution in [2.24, 2.45) is 0 Å². The van der Waals surface area contributed by atoms with Crippen molar-refractivity contribution >= 4 is 5.91 Å². The van der Waals surface area contributed by atoms with Crippen molar-refractivity contribution in [1.29, 1.82) is 0 Å². The standard InChI is InChI=1S/C18H24F2N2O2/c19-18(20,17(24)9-4-10-17)16(23)21-15-7-11-22(12-8-15)13-14-5-2-1-3-6-14/h1-3,5-6,15,24H,4,7-13H2,(H,21,23). The van der Waals surface area contributed by atoms with E-state index in [-0.39, 0.29) is 18.9 Å². The van der Waals surface area contributed by atoms with Gasteiger partial charge in [0.15, 0.2) is 0 Å². The number of rotatable bonds is 5. The number of aliphatic hydroxyl groups is 1. The summed E-state index contributed by atoms with van der Waals surface area (Å²) in [5.41, 5.74) is -0.927. The molecule has 1 aliphatic carbocycles. The fourth-order valence-corrected chi connectivity index (χ4v) is 3.39. The second kappa shape index (κ2) is 6.76. The number of hydrogen-bond acceptors (Lipinski definition) is 3. The molecule has 2 N–H and O–H groups in total. The summed E-state index contributed by atoms with van der Waals surface area (Å²) in [4.78, 5) is 14.2. The van der Waals surface area contributed by atoms with Crippen LogP contribution in [0.4, 0.5) is 8.78 Å². The predicted molar refractivity (Wildman–Crippen MR) is 86.6 cm³/mol. The summed E-state index contributed by atoms with van der Waals surface area (Å²) < 4.78 is 28.2. The van der Waals surface area contributed by atoms with E-state index in [9.17, 15) is 18.7 Å². The van der Waals surface area contributed by atoms with Gasteiger partial charge in [0.25, 0.3) is 5.91 Å². The van der Waals surface area contributed by atoms with Gasteiger partial charge in [0.05, 0.1) is 0 Å². The van der Waals surface area contributed by atoms with Gasteiger partial charge in [-0.25, -0.2) is 0 Å². The van der Waals surface area contributed by atoms with Gasteiger partial charge in [0.2, 0.25) is 0 Å². The van der Waals surface area contributed by atoms with Gasteiger partial charge in [-0.05, 0) is 37.7 Å². The Kier molecular flexibility index (Phi) is 4.88. The van der Waals surface area contributed by atoms with Crippen LogP contribution in [0.2, 0.25) is 0 Å². The highest BCUT2D eigenvalue weighted by atomic mass is 19.3. The minimum absolute atomic E-state index is 0.0110. The molecular weight excluding hydrogens is 314 g/mol. The summed E-state index contributed by atoms with van der Waals surface area (Å²) in [6.07, 6.45) is 1.81. The van der Waals surface area contributed by atoms with Crippen molar-refractivity contribution in [3.05, 3.63) is 35.9 Å². The second-order valence-electron chi connectivity index (χ2n) is 6.97. The number of alkyl halides is 2. The highest BCUT2D eigenvalue weighted by Crippen LogP contribution is 2.44. The Bertz CT molecular complexity index is 568. The highest BCUT2D eigenvalue weighted by Gasteiger charge is 2.61. The topological polar surface area (TPSA) is 52.6 Å². The maximum Gasteiger partial charge on any atom is 0.352 e. The van der Waals surface area contributed by atoms with Crippen molar-refractivity contribution in [3.63, 3.8) is 0 Å². The molecule has 1 saturated carbocycles. The van der Waals surface area contributed by atoms with Crippen LogP contribution in [0.5, 0.6) is 0 Å². The maximum absolute atomic E-state index is 14.1. The van der Waals surface area contributed by atoms with Gasteiger partial charge >= 0.3 is 5.92 Å². The molecule has 132 valence electrons. The number of nitrogens with one attached hydrogen (secondary N) is 1. The van der Waals surface area contributed by atoms with Crippen LogP contribution in [0, 0.1) is 0 Å². The van der Waals surface area contributed by atoms with E-state index in [4.69, 9.17) is 0 Å². The molecule has 1 aliphatic heterocycles. The largest absolute Gasteiger partial charge is 0.383 e. The van der Waals surface area contributed by atoms with E-state index in [1.165, 1.54) is 5.56 Å². The number of halogens is 2. The first-order valence-electron chi connectivity index (χ1n) is 8.58. The lowest BCUT2D eigenvalue weighted by Crippen LogP contribution is -2.62. The molecule has 1 amide bonds. The average molecular weight is 338 g/mol. The molecule has 0 bridgehead atoms. The van der Waals surface area contributed by atoms with E-state index in [0.717, 1.165) is 19.6 Å². The van der Waals surface area contributed by atoms with Gasteiger partial charge in [0.1, 0.15) is 5.60 Å². The van der Waals surface area contributed by atoms with E-state index in [0.29, 0.717) is 19.3 Å². The van der Waals surface area contributed by atoms with Gasteiger partial charge in [-0.3, -0.25) is 9.69 Å². The normalized spacial score (nSPS) is 22.0. The zero-order valence-corrected chi connectivity index (χ0v) is 13.7. The lowest BCUT2D eigenvalue weighted by Gasteiger charge is -2.42. The minimum atomic E-state index is -3.70. The number of piperidine rings is 1. The first-order valence-corrected chi connectivity index (χ1v) is 8.58. The lowest BCUT2D eigenvalue weighted by atomic mass is 9.75. The summed E-state index contributed by atoms with van der Waals surface area (Å²) in [5.74, 6) is -5.03. The number of carbonyl (C=O) groups excluding carboxylic acids is 1. The number of likely N-dealkylation sites (tertiary alicyclic amines) is 1. The first kappa shape index (κ1) is 17.3. The zero-order valence-electron chi connectivity index (χ0n) is 13.7. The average Bonchev–Trinajstić information content (AvgIpc) is 2.55. The monoisotopic (exact) mass is 338 g/mol. The number of amides is 1. The van der Waals surface area contributed by atoms with Crippen LogP contribution in [0.25, 0.3) is 0 Å². The molecule has 0 spiro atoms. The lowest BCUT2D eigenvalue weighted by molar-refractivity contribution is -0.216. The molecule has 0 aromatic heterocycles. The van der Waals surface area contributed by atoms with E-state index in [1.54, 1.807) is 0 Å². The zero-order chi connectivity index (χ0) is 17.2. The van der Waals surface area contributed by atoms with Crippen molar-refractivity contribution < 1.29 is 18.7 Å². The Morgan fingerprint density at radius 2 is 1.88 bits per heavy atom. The molecule has 0 atom stereocenters. The van der Waals surface area contributed by atoms with Crippen LogP contribution in [0.15, 0.2) is 30.3 Å². The van der Waals surface area contributed by atoms with E-state index in [2.05, 4.69) is 22.3 Å².